The van der Waals surface area contributed by atoms with Gasteiger partial charge >= 0.3 is 6.03 Å². The minimum Gasteiger partial charge on any atom is -0.347 e. The lowest BCUT2D eigenvalue weighted by Crippen LogP contribution is -2.48. The minimum atomic E-state index is -0.509. The van der Waals surface area contributed by atoms with E-state index in [0.717, 1.165) is 12.0 Å². The molecule has 0 aliphatic carbocycles. The molecule has 0 bridgehead atoms. The van der Waals surface area contributed by atoms with Crippen LogP contribution in [0.1, 0.15) is 24.8 Å². The highest BCUT2D eigenvalue weighted by molar-refractivity contribution is 5.86. The number of carbonyl (C=O) groups excluding carboxylic acids is 2. The summed E-state index contributed by atoms with van der Waals surface area (Å²) in [4.78, 5) is 27.2. The van der Waals surface area contributed by atoms with E-state index >= 15 is 0 Å². The summed E-state index contributed by atoms with van der Waals surface area (Å²) in [6.45, 7) is 3.07. The number of nitrogens with zero attached hydrogens (tertiary/aromatic N) is 4. The van der Waals surface area contributed by atoms with Crippen LogP contribution in [0.4, 0.5) is 4.79 Å². The summed E-state index contributed by atoms with van der Waals surface area (Å²) < 4.78 is 1.77. The molecule has 1 fully saturated rings. The number of nitrogens with one attached hydrogen (secondary N) is 1. The molecule has 2 heterocycles. The number of likely N-dealkylation sites (tertiary alicyclic amines) is 1. The summed E-state index contributed by atoms with van der Waals surface area (Å²) in [6, 6.07) is -0.686. The van der Waals surface area contributed by atoms with Gasteiger partial charge in [-0.1, -0.05) is 0 Å². The topological polar surface area (TPSA) is 70.5 Å². The molecule has 1 aromatic heterocycles. The number of carbonyl (C=O) groups is 2. The van der Waals surface area contributed by atoms with E-state index in [9.17, 15) is 9.59 Å². The third-order valence-corrected chi connectivity index (χ3v) is 3.82. The smallest absolute Gasteiger partial charge is 0.318 e. The molecule has 0 radical (unpaired) electrons. The first-order chi connectivity index (χ1) is 9.88. The maximum absolute atomic E-state index is 12.2. The Morgan fingerprint density at radius 2 is 2.19 bits per heavy atom. The third kappa shape index (κ3) is 3.53. The highest BCUT2D eigenvalue weighted by Gasteiger charge is 2.29. The Bertz CT molecular complexity index is 525. The van der Waals surface area contributed by atoms with Crippen LogP contribution in [0.15, 0.2) is 12.4 Å². The normalized spacial score (nSPS) is 19.4. The molecule has 7 nitrogen and oxygen atoms in total. The largest absolute Gasteiger partial charge is 0.347 e. The van der Waals surface area contributed by atoms with Crippen LogP contribution in [-0.2, 0) is 11.8 Å². The van der Waals surface area contributed by atoms with Gasteiger partial charge in [0.25, 0.3) is 0 Å². The molecule has 2 atom stereocenters. The van der Waals surface area contributed by atoms with Gasteiger partial charge in [-0.2, -0.15) is 5.10 Å². The van der Waals surface area contributed by atoms with Crippen molar-refractivity contribution in [1.82, 2.24) is 24.9 Å². The quantitative estimate of drug-likeness (QED) is 0.876. The van der Waals surface area contributed by atoms with E-state index in [1.165, 1.54) is 4.90 Å². The van der Waals surface area contributed by atoms with Crippen LogP contribution >= 0.6 is 0 Å². The molecule has 1 aliphatic heterocycles. The number of aryl methyl sites for hydroxylation is 1. The fourth-order valence-corrected chi connectivity index (χ4v) is 2.59. The Morgan fingerprint density at radius 3 is 2.76 bits per heavy atom. The fourth-order valence-electron chi connectivity index (χ4n) is 2.59. The van der Waals surface area contributed by atoms with Gasteiger partial charge in [0.1, 0.15) is 6.04 Å². The van der Waals surface area contributed by atoms with Crippen LogP contribution in [0, 0.1) is 0 Å². The van der Waals surface area contributed by atoms with E-state index in [1.54, 1.807) is 30.6 Å². The van der Waals surface area contributed by atoms with E-state index in [2.05, 4.69) is 10.4 Å². The first-order valence-electron chi connectivity index (χ1n) is 7.13. The Hall–Kier alpha value is -2.05. The van der Waals surface area contributed by atoms with E-state index in [-0.39, 0.29) is 11.9 Å². The summed E-state index contributed by atoms with van der Waals surface area (Å²) in [5.74, 6) is 0.218. The molecule has 1 aliphatic rings. The third-order valence-electron chi connectivity index (χ3n) is 3.82. The Balaban J connectivity index is 1.89. The highest BCUT2D eigenvalue weighted by atomic mass is 16.2. The van der Waals surface area contributed by atoms with Crippen molar-refractivity contribution in [2.75, 3.05) is 27.2 Å². The molecule has 0 saturated carbocycles. The highest BCUT2D eigenvalue weighted by Crippen LogP contribution is 2.26. The summed E-state index contributed by atoms with van der Waals surface area (Å²) in [7, 11) is 5.25. The van der Waals surface area contributed by atoms with Gasteiger partial charge in [0, 0.05) is 46.3 Å². The lowest BCUT2D eigenvalue weighted by molar-refractivity contribution is -0.130. The van der Waals surface area contributed by atoms with Crippen LogP contribution < -0.4 is 5.32 Å². The predicted molar refractivity (Wildman–Crippen MR) is 78.8 cm³/mol. The maximum atomic E-state index is 12.2. The molecule has 0 aromatic carbocycles. The van der Waals surface area contributed by atoms with Crippen molar-refractivity contribution in [2.45, 2.75) is 25.3 Å². The average Bonchev–Trinajstić information content (AvgIpc) is 3.05. The van der Waals surface area contributed by atoms with Crippen molar-refractivity contribution in [2.24, 2.45) is 7.05 Å². The van der Waals surface area contributed by atoms with Gasteiger partial charge < -0.3 is 15.1 Å². The maximum Gasteiger partial charge on any atom is 0.318 e. The van der Waals surface area contributed by atoms with Crippen molar-refractivity contribution in [3.05, 3.63) is 18.0 Å². The van der Waals surface area contributed by atoms with E-state index in [0.29, 0.717) is 19.0 Å². The number of aromatic nitrogens is 2. The first-order valence-corrected chi connectivity index (χ1v) is 7.13. The predicted octanol–water partition coefficient (Wildman–Crippen LogP) is 0.396. The second-order valence-electron chi connectivity index (χ2n) is 5.78. The summed E-state index contributed by atoms with van der Waals surface area (Å²) in [5, 5.41) is 6.92. The number of likely N-dealkylation sites (N-methyl/N-ethyl adjacent to an activating group) is 1. The molecule has 1 unspecified atom stereocenters. The standard InChI is InChI=1S/C14H23N5O2/c1-10(13(20)17(2)3)16-14(21)19-6-5-11(9-19)12-7-15-18(4)8-12/h7-8,10-11H,5-6,9H2,1-4H3,(H,16,21)/t10-,11?/m0/s1. The van der Waals surface area contributed by atoms with Gasteiger partial charge in [-0.3, -0.25) is 9.48 Å². The summed E-state index contributed by atoms with van der Waals surface area (Å²) in [5.41, 5.74) is 1.16. The van der Waals surface area contributed by atoms with Crippen LogP contribution in [0.5, 0.6) is 0 Å². The van der Waals surface area contributed by atoms with Gasteiger partial charge in [-0.05, 0) is 18.9 Å². The summed E-state index contributed by atoms with van der Waals surface area (Å²) in [6.07, 6.45) is 4.77. The van der Waals surface area contributed by atoms with Gasteiger partial charge in [-0.25, -0.2) is 4.79 Å². The monoisotopic (exact) mass is 293 g/mol. The van der Waals surface area contributed by atoms with Crippen molar-refractivity contribution in [1.29, 1.82) is 0 Å². The van der Waals surface area contributed by atoms with Crippen molar-refractivity contribution < 1.29 is 9.59 Å². The SMILES string of the molecule is C[C@H](NC(=O)N1CCC(c2cnn(C)c2)C1)C(=O)N(C)C. The number of amides is 3. The molecule has 2 rings (SSSR count). The number of hydrogen-bond donors (Lipinski definition) is 1. The minimum absolute atomic E-state index is 0.105. The lowest BCUT2D eigenvalue weighted by Gasteiger charge is -2.22. The molecule has 1 aromatic rings. The van der Waals surface area contributed by atoms with Gasteiger partial charge in [0.05, 0.1) is 6.20 Å². The Labute approximate surface area is 124 Å². The molecule has 116 valence electrons. The zero-order chi connectivity index (χ0) is 15.6. The zero-order valence-electron chi connectivity index (χ0n) is 13.0. The van der Waals surface area contributed by atoms with Crippen LogP contribution in [0.2, 0.25) is 0 Å². The molecule has 1 N–H and O–H groups in total. The van der Waals surface area contributed by atoms with E-state index < -0.39 is 6.04 Å². The lowest BCUT2D eigenvalue weighted by atomic mass is 10.0. The number of rotatable bonds is 3. The Morgan fingerprint density at radius 1 is 1.48 bits per heavy atom. The molecular weight excluding hydrogens is 270 g/mol. The van der Waals surface area contributed by atoms with E-state index in [1.807, 2.05) is 19.4 Å². The summed E-state index contributed by atoms with van der Waals surface area (Å²) >= 11 is 0. The van der Waals surface area contributed by atoms with Crippen molar-refractivity contribution in [3.8, 4) is 0 Å². The van der Waals surface area contributed by atoms with Gasteiger partial charge in [0.15, 0.2) is 0 Å². The second-order valence-corrected chi connectivity index (χ2v) is 5.78. The average molecular weight is 293 g/mol. The number of urea groups is 1. The second kappa shape index (κ2) is 6.15. The molecule has 21 heavy (non-hydrogen) atoms. The van der Waals surface area contributed by atoms with Crippen LogP contribution in [-0.4, -0.2) is 64.7 Å². The van der Waals surface area contributed by atoms with Crippen LogP contribution in [0.25, 0.3) is 0 Å². The van der Waals surface area contributed by atoms with E-state index in [4.69, 9.17) is 0 Å². The van der Waals surface area contributed by atoms with Gasteiger partial charge in [-0.15, -0.1) is 0 Å². The number of hydrogen-bond acceptors (Lipinski definition) is 3. The molecule has 3 amide bonds. The molecular formula is C14H23N5O2. The van der Waals surface area contributed by atoms with Crippen LogP contribution in [0.3, 0.4) is 0 Å². The van der Waals surface area contributed by atoms with Crippen molar-refractivity contribution >= 4 is 11.9 Å². The molecule has 1 saturated heterocycles. The molecule has 0 spiro atoms. The zero-order valence-corrected chi connectivity index (χ0v) is 13.0. The van der Waals surface area contributed by atoms with Gasteiger partial charge in [0.2, 0.25) is 5.91 Å². The molecule has 7 heteroatoms. The Kier molecular flexibility index (Phi) is 4.50. The van der Waals surface area contributed by atoms with Crippen molar-refractivity contribution in [3.63, 3.8) is 0 Å². The fraction of sp³-hybridized carbons (Fsp3) is 0.643. The first kappa shape index (κ1) is 15.3.